The van der Waals surface area contributed by atoms with Gasteiger partial charge in [0.05, 0.1) is 0 Å². The largest absolute Gasteiger partial charge is 0.435 e. The molecule has 100 valence electrons. The van der Waals surface area contributed by atoms with Gasteiger partial charge in [-0.1, -0.05) is 13.0 Å². The lowest BCUT2D eigenvalue weighted by atomic mass is 10.1. The van der Waals surface area contributed by atoms with Crippen molar-refractivity contribution in [3.8, 4) is 5.75 Å². The Hall–Kier alpha value is -0.970. The first-order valence-electron chi connectivity index (χ1n) is 6.08. The average molecular weight is 273 g/mol. The van der Waals surface area contributed by atoms with Crippen molar-refractivity contribution in [3.05, 3.63) is 24.3 Å². The molecule has 0 bridgehead atoms. The number of halogens is 2. The van der Waals surface area contributed by atoms with Crippen LogP contribution in [0.1, 0.15) is 19.8 Å². The summed E-state index contributed by atoms with van der Waals surface area (Å²) in [7, 11) is 0. The maximum atomic E-state index is 12.1. The second kappa shape index (κ2) is 6.27. The summed E-state index contributed by atoms with van der Waals surface area (Å²) >= 11 is 1.95. The van der Waals surface area contributed by atoms with Gasteiger partial charge in [-0.3, -0.25) is 0 Å². The molecule has 18 heavy (non-hydrogen) atoms. The lowest BCUT2D eigenvalue weighted by Crippen LogP contribution is -2.32. The molecule has 1 aliphatic rings. The van der Waals surface area contributed by atoms with E-state index >= 15 is 0 Å². The van der Waals surface area contributed by atoms with Crippen LogP contribution in [0.15, 0.2) is 24.3 Å². The van der Waals surface area contributed by atoms with Crippen molar-refractivity contribution in [2.24, 2.45) is 0 Å². The van der Waals surface area contributed by atoms with Gasteiger partial charge >= 0.3 is 6.61 Å². The second-order valence-electron chi connectivity index (χ2n) is 4.38. The van der Waals surface area contributed by atoms with Crippen LogP contribution in [0.3, 0.4) is 0 Å². The highest BCUT2D eigenvalue weighted by Gasteiger charge is 2.21. The van der Waals surface area contributed by atoms with Crippen LogP contribution in [0.5, 0.6) is 5.75 Å². The van der Waals surface area contributed by atoms with Crippen LogP contribution in [-0.4, -0.2) is 23.7 Å². The zero-order valence-corrected chi connectivity index (χ0v) is 11.1. The molecule has 1 aromatic rings. The third kappa shape index (κ3) is 3.77. The van der Waals surface area contributed by atoms with Crippen molar-refractivity contribution < 1.29 is 13.5 Å². The summed E-state index contributed by atoms with van der Waals surface area (Å²) < 4.78 is 28.6. The minimum Gasteiger partial charge on any atom is -0.435 e. The number of thioether (sulfide) groups is 1. The number of hydrogen-bond acceptors (Lipinski definition) is 3. The number of hydrogen-bond donors (Lipinski definition) is 1. The molecular weight excluding hydrogens is 256 g/mol. The van der Waals surface area contributed by atoms with E-state index in [4.69, 9.17) is 0 Å². The summed E-state index contributed by atoms with van der Waals surface area (Å²) in [5.74, 6) is 1.40. The van der Waals surface area contributed by atoms with Crippen LogP contribution in [0.4, 0.5) is 14.5 Å². The predicted octanol–water partition coefficient (Wildman–Crippen LogP) is 3.98. The first-order chi connectivity index (χ1) is 8.65. The molecule has 1 heterocycles. The van der Waals surface area contributed by atoms with Gasteiger partial charge in [-0.15, -0.1) is 0 Å². The van der Waals surface area contributed by atoms with Gasteiger partial charge in [0, 0.05) is 23.0 Å². The third-order valence-corrected chi connectivity index (χ3v) is 4.40. The molecule has 2 nitrogen and oxygen atoms in total. The molecule has 2 rings (SSSR count). The molecule has 0 radical (unpaired) electrons. The number of rotatable bonds is 4. The van der Waals surface area contributed by atoms with Gasteiger partial charge in [-0.2, -0.15) is 20.5 Å². The summed E-state index contributed by atoms with van der Waals surface area (Å²) in [6.45, 7) is -0.578. The minimum absolute atomic E-state index is 0.200. The molecule has 1 fully saturated rings. The molecule has 2 atom stereocenters. The van der Waals surface area contributed by atoms with Crippen LogP contribution in [-0.2, 0) is 0 Å². The van der Waals surface area contributed by atoms with Crippen LogP contribution >= 0.6 is 11.8 Å². The third-order valence-electron chi connectivity index (χ3n) is 3.02. The van der Waals surface area contributed by atoms with E-state index in [2.05, 4.69) is 17.0 Å². The summed E-state index contributed by atoms with van der Waals surface area (Å²) in [5.41, 5.74) is 0.840. The second-order valence-corrected chi connectivity index (χ2v) is 5.86. The lowest BCUT2D eigenvalue weighted by molar-refractivity contribution is -0.0498. The summed E-state index contributed by atoms with van der Waals surface area (Å²) in [6, 6.07) is 7.16. The Morgan fingerprint density at radius 1 is 1.44 bits per heavy atom. The molecule has 1 saturated heterocycles. The molecule has 0 saturated carbocycles. The highest BCUT2D eigenvalue weighted by Crippen LogP contribution is 2.28. The molecule has 1 N–H and O–H groups in total. The zero-order chi connectivity index (χ0) is 13.0. The molecular formula is C13H17F2NOS. The Balaban J connectivity index is 1.99. The van der Waals surface area contributed by atoms with E-state index in [0.29, 0.717) is 11.3 Å². The number of ether oxygens (including phenoxy) is 1. The highest BCUT2D eigenvalue weighted by molar-refractivity contribution is 8.00. The van der Waals surface area contributed by atoms with E-state index in [-0.39, 0.29) is 5.75 Å². The first-order valence-corrected chi connectivity index (χ1v) is 7.13. The topological polar surface area (TPSA) is 21.3 Å². The number of benzene rings is 1. The fraction of sp³-hybridized carbons (Fsp3) is 0.538. The van der Waals surface area contributed by atoms with Gasteiger partial charge in [0.1, 0.15) is 5.75 Å². The highest BCUT2D eigenvalue weighted by atomic mass is 32.2. The van der Waals surface area contributed by atoms with Gasteiger partial charge < -0.3 is 10.1 Å². The molecule has 1 aliphatic heterocycles. The maximum absolute atomic E-state index is 12.1. The van der Waals surface area contributed by atoms with Crippen molar-refractivity contribution in [1.82, 2.24) is 0 Å². The Morgan fingerprint density at radius 2 is 2.28 bits per heavy atom. The zero-order valence-electron chi connectivity index (χ0n) is 10.2. The number of nitrogens with one attached hydrogen (secondary N) is 1. The molecule has 0 aliphatic carbocycles. The van der Waals surface area contributed by atoms with E-state index in [0.717, 1.165) is 12.1 Å². The fourth-order valence-electron chi connectivity index (χ4n) is 2.09. The van der Waals surface area contributed by atoms with Crippen molar-refractivity contribution in [2.75, 3.05) is 11.1 Å². The van der Waals surface area contributed by atoms with Crippen LogP contribution < -0.4 is 10.1 Å². The van der Waals surface area contributed by atoms with Gasteiger partial charge in [-0.25, -0.2) is 0 Å². The van der Waals surface area contributed by atoms with Crippen molar-refractivity contribution >= 4 is 17.4 Å². The summed E-state index contributed by atoms with van der Waals surface area (Å²) in [4.78, 5) is 0. The Kier molecular flexibility index (Phi) is 4.69. The Bertz CT molecular complexity index is 389. The molecule has 5 heteroatoms. The van der Waals surface area contributed by atoms with Crippen LogP contribution in [0.25, 0.3) is 0 Å². The van der Waals surface area contributed by atoms with Crippen molar-refractivity contribution in [2.45, 2.75) is 37.7 Å². The van der Waals surface area contributed by atoms with Crippen molar-refractivity contribution in [1.29, 1.82) is 0 Å². The number of alkyl halides is 2. The average Bonchev–Trinajstić information content (AvgIpc) is 2.32. The van der Waals surface area contributed by atoms with Gasteiger partial charge in [0.25, 0.3) is 0 Å². The molecule has 2 unspecified atom stereocenters. The summed E-state index contributed by atoms with van der Waals surface area (Å²) in [5, 5.41) is 3.94. The normalized spacial score (nSPS) is 24.0. The van der Waals surface area contributed by atoms with E-state index < -0.39 is 6.61 Å². The monoisotopic (exact) mass is 273 g/mol. The van der Waals surface area contributed by atoms with E-state index in [1.54, 1.807) is 12.1 Å². The number of anilines is 1. The van der Waals surface area contributed by atoms with Gasteiger partial charge in [-0.05, 0) is 30.7 Å². The Morgan fingerprint density at radius 3 is 3.00 bits per heavy atom. The molecule has 0 amide bonds. The summed E-state index contributed by atoms with van der Waals surface area (Å²) in [6.07, 6.45) is 2.31. The Labute approximate surface area is 110 Å². The molecule has 1 aromatic carbocycles. The smallest absolute Gasteiger partial charge is 0.387 e. The molecule has 0 aromatic heterocycles. The quantitative estimate of drug-likeness (QED) is 0.896. The van der Waals surface area contributed by atoms with Gasteiger partial charge in [0.15, 0.2) is 0 Å². The maximum Gasteiger partial charge on any atom is 0.387 e. The van der Waals surface area contributed by atoms with E-state index in [1.165, 1.54) is 18.2 Å². The predicted molar refractivity (Wildman–Crippen MR) is 71.6 cm³/mol. The standard InChI is InChI=1S/C13H17F2NOS/c1-9-12(6-3-7-18-9)16-10-4-2-5-11(8-10)17-13(14)15/h2,4-5,8-9,12-13,16H,3,6-7H2,1H3. The van der Waals surface area contributed by atoms with Crippen molar-refractivity contribution in [3.63, 3.8) is 0 Å². The van der Waals surface area contributed by atoms with Gasteiger partial charge in [0.2, 0.25) is 0 Å². The lowest BCUT2D eigenvalue weighted by Gasteiger charge is -2.30. The van der Waals surface area contributed by atoms with E-state index in [1.807, 2.05) is 17.8 Å². The van der Waals surface area contributed by atoms with Crippen LogP contribution in [0, 0.1) is 0 Å². The first kappa shape index (κ1) is 13.5. The SMILES string of the molecule is CC1SCCCC1Nc1cccc(OC(F)F)c1. The van der Waals surface area contributed by atoms with E-state index in [9.17, 15) is 8.78 Å². The minimum atomic E-state index is -2.77. The van der Waals surface area contributed by atoms with Crippen LogP contribution in [0.2, 0.25) is 0 Å². The fourth-order valence-corrected chi connectivity index (χ4v) is 3.23. The molecule has 0 spiro atoms.